The van der Waals surface area contributed by atoms with Gasteiger partial charge in [0.15, 0.2) is 5.82 Å². The second kappa shape index (κ2) is 5.93. The van der Waals surface area contributed by atoms with Crippen molar-refractivity contribution >= 4 is 17.2 Å². The summed E-state index contributed by atoms with van der Waals surface area (Å²) in [6, 6.07) is 0. The topological polar surface area (TPSA) is 72.1 Å². The van der Waals surface area contributed by atoms with Crippen molar-refractivity contribution in [2.45, 2.75) is 39.0 Å². The molecule has 1 amide bonds. The van der Waals surface area contributed by atoms with E-state index in [1.807, 2.05) is 24.3 Å². The van der Waals surface area contributed by atoms with Crippen molar-refractivity contribution < 1.29 is 9.32 Å². The number of thiazole rings is 1. The second-order valence-corrected chi connectivity index (χ2v) is 6.31. The predicted octanol–water partition coefficient (Wildman–Crippen LogP) is 2.09. The van der Waals surface area contributed by atoms with Gasteiger partial charge >= 0.3 is 0 Å². The van der Waals surface area contributed by atoms with Gasteiger partial charge in [-0.05, 0) is 26.7 Å². The second-order valence-electron chi connectivity index (χ2n) is 5.37. The number of hydrogen-bond acceptors (Lipinski definition) is 6. The van der Waals surface area contributed by atoms with Crippen molar-refractivity contribution in [3.8, 4) is 0 Å². The Kier molecular flexibility index (Phi) is 4.01. The molecule has 1 aliphatic rings. The summed E-state index contributed by atoms with van der Waals surface area (Å²) in [6.07, 6.45) is 2.21. The maximum Gasteiger partial charge on any atom is 0.231 e. The lowest BCUT2D eigenvalue weighted by Crippen LogP contribution is -2.28. The summed E-state index contributed by atoms with van der Waals surface area (Å²) in [7, 11) is 0. The summed E-state index contributed by atoms with van der Waals surface area (Å²) < 4.78 is 5.21. The largest absolute Gasteiger partial charge is 0.342 e. The van der Waals surface area contributed by atoms with Crippen LogP contribution in [0.4, 0.5) is 0 Å². The van der Waals surface area contributed by atoms with Gasteiger partial charge in [-0.3, -0.25) is 4.79 Å². The van der Waals surface area contributed by atoms with Crippen LogP contribution in [0.1, 0.15) is 41.0 Å². The van der Waals surface area contributed by atoms with Gasteiger partial charge in [0.1, 0.15) is 0 Å². The van der Waals surface area contributed by atoms with E-state index in [2.05, 4.69) is 15.1 Å². The van der Waals surface area contributed by atoms with E-state index >= 15 is 0 Å². The lowest BCUT2D eigenvalue weighted by molar-refractivity contribution is -0.130. The highest BCUT2D eigenvalue weighted by atomic mass is 32.1. The van der Waals surface area contributed by atoms with Gasteiger partial charge in [0.05, 0.1) is 17.1 Å². The molecule has 0 unspecified atom stereocenters. The molecule has 0 radical (unpaired) electrons. The number of aryl methyl sites for hydroxylation is 3. The number of hydrogen-bond donors (Lipinski definition) is 0. The van der Waals surface area contributed by atoms with Gasteiger partial charge in [0.25, 0.3) is 0 Å². The Balaban J connectivity index is 1.53. The van der Waals surface area contributed by atoms with E-state index < -0.39 is 0 Å². The van der Waals surface area contributed by atoms with Gasteiger partial charge in [0.2, 0.25) is 11.8 Å². The van der Waals surface area contributed by atoms with E-state index in [-0.39, 0.29) is 11.8 Å². The van der Waals surface area contributed by atoms with Crippen LogP contribution in [0.25, 0.3) is 0 Å². The molecule has 112 valence electrons. The Morgan fingerprint density at radius 1 is 1.52 bits per heavy atom. The van der Waals surface area contributed by atoms with Crippen LogP contribution < -0.4 is 0 Å². The molecule has 1 aliphatic heterocycles. The Labute approximate surface area is 127 Å². The summed E-state index contributed by atoms with van der Waals surface area (Å²) in [5.74, 6) is 1.68. The van der Waals surface area contributed by atoms with Crippen molar-refractivity contribution in [1.29, 1.82) is 0 Å². The summed E-state index contributed by atoms with van der Waals surface area (Å²) in [6.45, 7) is 5.25. The normalized spacial score (nSPS) is 18.4. The van der Waals surface area contributed by atoms with Gasteiger partial charge in [-0.1, -0.05) is 5.16 Å². The predicted molar refractivity (Wildman–Crippen MR) is 78.1 cm³/mol. The molecule has 0 aliphatic carbocycles. The monoisotopic (exact) mass is 306 g/mol. The molecule has 21 heavy (non-hydrogen) atoms. The third-order valence-corrected chi connectivity index (χ3v) is 4.84. The third kappa shape index (κ3) is 3.12. The fourth-order valence-corrected chi connectivity index (χ4v) is 3.39. The lowest BCUT2D eigenvalue weighted by atomic mass is 10.1. The van der Waals surface area contributed by atoms with Gasteiger partial charge < -0.3 is 9.42 Å². The molecule has 3 heterocycles. The summed E-state index contributed by atoms with van der Waals surface area (Å²) in [5, 5.41) is 3.82. The Morgan fingerprint density at radius 2 is 2.38 bits per heavy atom. The van der Waals surface area contributed by atoms with Crippen molar-refractivity contribution in [2.75, 3.05) is 13.1 Å². The molecule has 7 heteroatoms. The first-order valence-corrected chi connectivity index (χ1v) is 7.98. The van der Waals surface area contributed by atoms with Crippen LogP contribution in [0.15, 0.2) is 10.0 Å². The van der Waals surface area contributed by atoms with Crippen molar-refractivity contribution in [1.82, 2.24) is 20.0 Å². The van der Waals surface area contributed by atoms with E-state index in [0.717, 1.165) is 25.1 Å². The van der Waals surface area contributed by atoms with E-state index in [4.69, 9.17) is 4.52 Å². The summed E-state index contributed by atoms with van der Waals surface area (Å²) >= 11 is 1.62. The van der Waals surface area contributed by atoms with Crippen LogP contribution in [0.3, 0.4) is 0 Å². The molecular weight excluding hydrogens is 288 g/mol. The average Bonchev–Trinajstić information content (AvgIpc) is 3.16. The zero-order chi connectivity index (χ0) is 14.8. The minimum Gasteiger partial charge on any atom is -0.342 e. The molecule has 2 aromatic rings. The maximum absolute atomic E-state index is 12.3. The molecule has 0 bridgehead atoms. The van der Waals surface area contributed by atoms with Crippen LogP contribution in [-0.2, 0) is 11.2 Å². The summed E-state index contributed by atoms with van der Waals surface area (Å²) in [5.41, 5.74) is 2.87. The minimum atomic E-state index is 0.181. The molecule has 0 spiro atoms. The van der Waals surface area contributed by atoms with Crippen LogP contribution in [-0.4, -0.2) is 39.0 Å². The van der Waals surface area contributed by atoms with E-state index in [1.54, 1.807) is 11.3 Å². The Morgan fingerprint density at radius 3 is 3.05 bits per heavy atom. The lowest BCUT2D eigenvalue weighted by Gasteiger charge is -2.15. The molecule has 0 aromatic carbocycles. The van der Waals surface area contributed by atoms with Crippen LogP contribution >= 0.6 is 11.3 Å². The molecule has 0 saturated carbocycles. The first-order valence-electron chi connectivity index (χ1n) is 7.10. The first-order chi connectivity index (χ1) is 10.1. The van der Waals surface area contributed by atoms with Crippen LogP contribution in [0, 0.1) is 13.8 Å². The highest BCUT2D eigenvalue weighted by Crippen LogP contribution is 2.26. The van der Waals surface area contributed by atoms with Crippen LogP contribution in [0.5, 0.6) is 0 Å². The number of amides is 1. The number of nitrogens with zero attached hydrogens (tertiary/aromatic N) is 4. The molecule has 0 N–H and O–H groups in total. The molecule has 2 aromatic heterocycles. The van der Waals surface area contributed by atoms with E-state index in [9.17, 15) is 4.79 Å². The van der Waals surface area contributed by atoms with Gasteiger partial charge in [-0.25, -0.2) is 4.98 Å². The molecule has 1 fully saturated rings. The third-order valence-electron chi connectivity index (χ3n) is 3.84. The number of aromatic nitrogens is 3. The first kappa shape index (κ1) is 14.2. The van der Waals surface area contributed by atoms with E-state index in [0.29, 0.717) is 24.7 Å². The number of carbonyl (C=O) groups is 1. The van der Waals surface area contributed by atoms with Gasteiger partial charge in [-0.15, -0.1) is 11.3 Å². The average molecular weight is 306 g/mol. The Hall–Kier alpha value is -1.76. The fraction of sp³-hybridized carbons (Fsp3) is 0.571. The Bertz CT molecular complexity index is 636. The zero-order valence-electron chi connectivity index (χ0n) is 12.2. The molecule has 3 rings (SSSR count). The quantitative estimate of drug-likeness (QED) is 0.865. The number of carbonyl (C=O) groups excluding carboxylic acids is 1. The van der Waals surface area contributed by atoms with Gasteiger partial charge in [-0.2, -0.15) is 4.98 Å². The highest BCUT2D eigenvalue weighted by molar-refractivity contribution is 7.09. The molecular formula is C14H18N4O2S. The minimum absolute atomic E-state index is 0.181. The molecule has 6 nitrogen and oxygen atoms in total. The molecule has 1 saturated heterocycles. The van der Waals surface area contributed by atoms with Crippen molar-refractivity contribution in [2.24, 2.45) is 0 Å². The fourth-order valence-electron chi connectivity index (χ4n) is 2.61. The van der Waals surface area contributed by atoms with E-state index in [1.165, 1.54) is 4.88 Å². The summed E-state index contributed by atoms with van der Waals surface area (Å²) in [4.78, 5) is 23.9. The number of rotatable bonds is 4. The van der Waals surface area contributed by atoms with Crippen LogP contribution in [0.2, 0.25) is 0 Å². The zero-order valence-corrected chi connectivity index (χ0v) is 13.0. The number of likely N-dealkylation sites (tertiary alicyclic amines) is 1. The SMILES string of the molecule is Cc1noc([C@@H]2CCN(C(=O)CCc3scnc3C)C2)n1. The smallest absolute Gasteiger partial charge is 0.231 e. The maximum atomic E-state index is 12.3. The van der Waals surface area contributed by atoms with Crippen molar-refractivity contribution in [3.63, 3.8) is 0 Å². The van der Waals surface area contributed by atoms with Crippen molar-refractivity contribution in [3.05, 3.63) is 27.8 Å². The highest BCUT2D eigenvalue weighted by Gasteiger charge is 2.30. The standard InChI is InChI=1S/C14H18N4O2S/c1-9-12(21-8-15-9)3-4-13(19)18-6-5-11(7-18)14-16-10(2)17-20-14/h8,11H,3-7H2,1-2H3/t11-/m1/s1. The van der Waals surface area contributed by atoms with Gasteiger partial charge in [0, 0.05) is 24.4 Å². The molecule has 1 atom stereocenters.